The van der Waals surface area contributed by atoms with Gasteiger partial charge in [0.2, 0.25) is 5.91 Å². The first-order chi connectivity index (χ1) is 11.5. The van der Waals surface area contributed by atoms with E-state index in [1.54, 1.807) is 0 Å². The maximum Gasteiger partial charge on any atom is 0.232 e. The van der Waals surface area contributed by atoms with Crippen molar-refractivity contribution in [1.29, 1.82) is 0 Å². The molecule has 1 aliphatic heterocycles. The van der Waals surface area contributed by atoms with Gasteiger partial charge in [-0.3, -0.25) is 4.79 Å². The van der Waals surface area contributed by atoms with Crippen LogP contribution in [0.2, 0.25) is 0 Å². The van der Waals surface area contributed by atoms with Crippen LogP contribution in [0.15, 0.2) is 24.3 Å². The summed E-state index contributed by atoms with van der Waals surface area (Å²) in [6, 6.07) is 9.15. The maximum atomic E-state index is 13.1. The highest BCUT2D eigenvalue weighted by Gasteiger charge is 2.35. The van der Waals surface area contributed by atoms with Crippen molar-refractivity contribution in [3.8, 4) is 0 Å². The summed E-state index contributed by atoms with van der Waals surface area (Å²) < 4.78 is 0. The number of carbonyl (C=O) groups excluding carboxylic acids is 1. The molecule has 0 aromatic heterocycles. The Kier molecular flexibility index (Phi) is 6.93. The van der Waals surface area contributed by atoms with E-state index in [0.29, 0.717) is 6.04 Å². The number of nitrogens with one attached hydrogen (secondary N) is 1. The molecular formula is C21H33ClN2O. The number of aryl methyl sites for hydroxylation is 1. The number of likely N-dealkylation sites (tertiary alicyclic amines) is 1. The predicted molar refractivity (Wildman–Crippen MR) is 106 cm³/mol. The molecular weight excluding hydrogens is 332 g/mol. The summed E-state index contributed by atoms with van der Waals surface area (Å²) in [5.74, 6) is 1.20. The third kappa shape index (κ3) is 4.98. The third-order valence-corrected chi connectivity index (χ3v) is 5.79. The molecule has 1 saturated heterocycles. The molecule has 0 unspecified atom stereocenters. The monoisotopic (exact) mass is 364 g/mol. The Morgan fingerprint density at radius 2 is 1.72 bits per heavy atom. The normalized spacial score (nSPS) is 18.8. The Balaban J connectivity index is 0.00000225. The lowest BCUT2D eigenvalue weighted by Crippen LogP contribution is -2.50. The minimum absolute atomic E-state index is 0. The van der Waals surface area contributed by atoms with Crippen LogP contribution in [-0.2, 0) is 16.6 Å². The van der Waals surface area contributed by atoms with Gasteiger partial charge in [0, 0.05) is 19.1 Å². The summed E-state index contributed by atoms with van der Waals surface area (Å²) >= 11 is 0. The van der Waals surface area contributed by atoms with Crippen molar-refractivity contribution in [2.75, 3.05) is 19.6 Å². The van der Waals surface area contributed by atoms with E-state index in [4.69, 9.17) is 0 Å². The van der Waals surface area contributed by atoms with Gasteiger partial charge in [0.25, 0.3) is 0 Å². The molecule has 1 aromatic carbocycles. The largest absolute Gasteiger partial charge is 0.342 e. The molecule has 3 rings (SSSR count). The lowest BCUT2D eigenvalue weighted by Gasteiger charge is -2.37. The molecule has 0 bridgehead atoms. The van der Waals surface area contributed by atoms with Crippen LogP contribution in [0.5, 0.6) is 0 Å². The summed E-state index contributed by atoms with van der Waals surface area (Å²) in [6.45, 7) is 9.23. The maximum absolute atomic E-state index is 13.1. The van der Waals surface area contributed by atoms with E-state index in [0.717, 1.165) is 43.8 Å². The van der Waals surface area contributed by atoms with Gasteiger partial charge >= 0.3 is 0 Å². The number of rotatable bonds is 6. The number of carbonyl (C=O) groups is 1. The summed E-state index contributed by atoms with van der Waals surface area (Å²) in [5.41, 5.74) is 2.00. The molecule has 0 spiro atoms. The fraction of sp³-hybridized carbons (Fsp3) is 0.667. The zero-order chi connectivity index (χ0) is 17.2. The van der Waals surface area contributed by atoms with Gasteiger partial charge in [-0.15, -0.1) is 12.4 Å². The van der Waals surface area contributed by atoms with Crippen LogP contribution in [0.3, 0.4) is 0 Å². The van der Waals surface area contributed by atoms with Crippen LogP contribution < -0.4 is 5.32 Å². The first-order valence-electron chi connectivity index (χ1n) is 9.63. The molecule has 4 heteroatoms. The first-order valence-corrected chi connectivity index (χ1v) is 9.63. The van der Waals surface area contributed by atoms with Crippen molar-refractivity contribution < 1.29 is 4.79 Å². The molecule has 140 valence electrons. The van der Waals surface area contributed by atoms with Crippen molar-refractivity contribution >= 4 is 18.3 Å². The van der Waals surface area contributed by atoms with Gasteiger partial charge in [-0.05, 0) is 69.5 Å². The second-order valence-corrected chi connectivity index (χ2v) is 8.09. The van der Waals surface area contributed by atoms with E-state index >= 15 is 0 Å². The van der Waals surface area contributed by atoms with E-state index in [-0.39, 0.29) is 18.3 Å². The molecule has 1 amide bonds. The molecule has 1 aromatic rings. The fourth-order valence-corrected chi connectivity index (χ4v) is 3.62. The van der Waals surface area contributed by atoms with Crippen molar-refractivity contribution in [1.82, 2.24) is 10.2 Å². The molecule has 25 heavy (non-hydrogen) atoms. The Morgan fingerprint density at radius 1 is 1.12 bits per heavy atom. The average molecular weight is 365 g/mol. The Labute approximate surface area is 159 Å². The summed E-state index contributed by atoms with van der Waals surface area (Å²) in [6.07, 6.45) is 6.01. The Morgan fingerprint density at radius 3 is 2.24 bits per heavy atom. The number of nitrogens with zero attached hydrogens (tertiary/aromatic N) is 1. The van der Waals surface area contributed by atoms with Gasteiger partial charge < -0.3 is 10.2 Å². The lowest BCUT2D eigenvalue weighted by atomic mass is 9.82. The van der Waals surface area contributed by atoms with E-state index in [2.05, 4.69) is 55.3 Å². The van der Waals surface area contributed by atoms with Crippen LogP contribution in [0.25, 0.3) is 0 Å². The quantitative estimate of drug-likeness (QED) is 0.829. The van der Waals surface area contributed by atoms with Gasteiger partial charge in [-0.1, -0.05) is 31.2 Å². The second kappa shape index (κ2) is 8.55. The zero-order valence-corrected chi connectivity index (χ0v) is 16.7. The molecule has 0 atom stereocenters. The molecule has 1 aliphatic carbocycles. The van der Waals surface area contributed by atoms with Crippen LogP contribution in [0, 0.1) is 5.92 Å². The number of piperidine rings is 1. The zero-order valence-electron chi connectivity index (χ0n) is 15.9. The van der Waals surface area contributed by atoms with Crippen LogP contribution in [0.1, 0.15) is 57.6 Å². The summed E-state index contributed by atoms with van der Waals surface area (Å²) in [5, 5.41) is 3.69. The molecule has 2 fully saturated rings. The minimum atomic E-state index is -0.444. The highest BCUT2D eigenvalue weighted by atomic mass is 35.5. The standard InChI is InChI=1S/C21H32N2O.ClH/c1-4-16-7-9-18(10-8-16)21(2,3)20(24)23-13-11-19(12-14-23)22-15-17-5-6-17;/h7-10,17,19,22H,4-6,11-15H2,1-3H3;1H. The Hall–Kier alpha value is -1.06. The van der Waals surface area contributed by atoms with E-state index in [1.165, 1.54) is 24.9 Å². The second-order valence-electron chi connectivity index (χ2n) is 8.09. The van der Waals surface area contributed by atoms with Gasteiger partial charge in [0.1, 0.15) is 0 Å². The summed E-state index contributed by atoms with van der Waals surface area (Å²) in [7, 11) is 0. The van der Waals surface area contributed by atoms with Crippen molar-refractivity contribution in [2.45, 2.75) is 64.3 Å². The topological polar surface area (TPSA) is 32.3 Å². The van der Waals surface area contributed by atoms with Gasteiger partial charge in [0.15, 0.2) is 0 Å². The van der Waals surface area contributed by atoms with Crippen LogP contribution in [-0.4, -0.2) is 36.5 Å². The summed E-state index contributed by atoms with van der Waals surface area (Å²) in [4.78, 5) is 15.1. The number of benzene rings is 1. The number of halogens is 1. The lowest BCUT2D eigenvalue weighted by molar-refractivity contribution is -0.137. The van der Waals surface area contributed by atoms with Crippen molar-refractivity contribution in [2.24, 2.45) is 5.92 Å². The molecule has 1 saturated carbocycles. The average Bonchev–Trinajstić information content (AvgIpc) is 3.44. The van der Waals surface area contributed by atoms with E-state index in [9.17, 15) is 4.79 Å². The van der Waals surface area contributed by atoms with Crippen LogP contribution in [0.4, 0.5) is 0 Å². The molecule has 1 heterocycles. The Bertz CT molecular complexity index is 558. The number of hydrogen-bond donors (Lipinski definition) is 1. The van der Waals surface area contributed by atoms with Crippen LogP contribution >= 0.6 is 12.4 Å². The molecule has 1 N–H and O–H groups in total. The highest BCUT2D eigenvalue weighted by Crippen LogP contribution is 2.29. The first kappa shape index (κ1) is 20.3. The smallest absolute Gasteiger partial charge is 0.232 e. The highest BCUT2D eigenvalue weighted by molar-refractivity contribution is 5.87. The van der Waals surface area contributed by atoms with Gasteiger partial charge in [0.05, 0.1) is 5.41 Å². The van der Waals surface area contributed by atoms with Gasteiger partial charge in [-0.2, -0.15) is 0 Å². The SMILES string of the molecule is CCc1ccc(C(C)(C)C(=O)N2CCC(NCC3CC3)CC2)cc1.Cl. The molecule has 0 radical (unpaired) electrons. The molecule has 2 aliphatic rings. The van der Waals surface area contributed by atoms with Gasteiger partial charge in [-0.25, -0.2) is 0 Å². The fourth-order valence-electron chi connectivity index (χ4n) is 3.62. The predicted octanol–water partition coefficient (Wildman–Crippen LogP) is 3.94. The number of amides is 1. The molecule has 3 nitrogen and oxygen atoms in total. The third-order valence-electron chi connectivity index (χ3n) is 5.79. The van der Waals surface area contributed by atoms with Crippen molar-refractivity contribution in [3.63, 3.8) is 0 Å². The number of hydrogen-bond acceptors (Lipinski definition) is 2. The van der Waals surface area contributed by atoms with E-state index < -0.39 is 5.41 Å². The van der Waals surface area contributed by atoms with E-state index in [1.807, 2.05) is 0 Å². The minimum Gasteiger partial charge on any atom is -0.342 e. The van der Waals surface area contributed by atoms with Crippen molar-refractivity contribution in [3.05, 3.63) is 35.4 Å².